The normalized spacial score (nSPS) is 16.3. The van der Waals surface area contributed by atoms with Crippen molar-refractivity contribution in [1.82, 2.24) is 10.2 Å². The van der Waals surface area contributed by atoms with Gasteiger partial charge in [-0.25, -0.2) is 0 Å². The molecule has 30 heavy (non-hydrogen) atoms. The first-order valence-electron chi connectivity index (χ1n) is 9.85. The van der Waals surface area contributed by atoms with Crippen molar-refractivity contribution in [1.29, 1.82) is 0 Å². The molecule has 1 heterocycles. The summed E-state index contributed by atoms with van der Waals surface area (Å²) in [7, 11) is 1.63. The van der Waals surface area contributed by atoms with E-state index < -0.39 is 0 Å². The fourth-order valence-corrected chi connectivity index (χ4v) is 4.07. The second kappa shape index (κ2) is 10.7. The Bertz CT molecular complexity index is 869. The number of rotatable bonds is 8. The number of ether oxygens (including phenoxy) is 1. The van der Waals surface area contributed by atoms with Crippen LogP contribution in [0.15, 0.2) is 42.5 Å². The summed E-state index contributed by atoms with van der Waals surface area (Å²) in [6.07, 6.45) is 2.31. The molecule has 160 valence electrons. The van der Waals surface area contributed by atoms with Gasteiger partial charge in [0.2, 0.25) is 11.8 Å². The van der Waals surface area contributed by atoms with Gasteiger partial charge in [-0.05, 0) is 61.7 Å². The van der Waals surface area contributed by atoms with Gasteiger partial charge in [-0.2, -0.15) is 0 Å². The van der Waals surface area contributed by atoms with E-state index in [2.05, 4.69) is 10.6 Å². The molecule has 8 heteroatoms. The van der Waals surface area contributed by atoms with Crippen molar-refractivity contribution >= 4 is 40.7 Å². The molecule has 3 rings (SSSR count). The van der Waals surface area contributed by atoms with E-state index >= 15 is 0 Å². The highest BCUT2D eigenvalue weighted by atomic mass is 35.5. The van der Waals surface area contributed by atoms with Crippen molar-refractivity contribution in [2.45, 2.75) is 25.3 Å². The number of hydrogen-bond acceptors (Lipinski definition) is 4. The number of nitrogens with one attached hydrogen (secondary N) is 2. The predicted octanol–water partition coefficient (Wildman–Crippen LogP) is 3.76. The minimum Gasteiger partial charge on any atom is -0.497 e. The maximum Gasteiger partial charge on any atom is 0.241 e. The average Bonchev–Trinajstić information content (AvgIpc) is 3.16. The minimum absolute atomic E-state index is 0.0889. The first-order chi connectivity index (χ1) is 14.4. The summed E-state index contributed by atoms with van der Waals surface area (Å²) in [5.41, 5.74) is 1.67. The maximum absolute atomic E-state index is 12.7. The lowest BCUT2D eigenvalue weighted by Crippen LogP contribution is -2.45. The zero-order chi connectivity index (χ0) is 21.5. The van der Waals surface area contributed by atoms with Gasteiger partial charge in [0.15, 0.2) is 0 Å². The van der Waals surface area contributed by atoms with E-state index in [9.17, 15) is 9.59 Å². The first kappa shape index (κ1) is 22.4. The Morgan fingerprint density at radius 3 is 2.50 bits per heavy atom. The number of carbonyl (C=O) groups excluding carboxylic acids is 2. The van der Waals surface area contributed by atoms with Gasteiger partial charge in [-0.1, -0.05) is 35.3 Å². The van der Waals surface area contributed by atoms with Crippen LogP contribution in [0.5, 0.6) is 5.75 Å². The quantitative estimate of drug-likeness (QED) is 0.643. The summed E-state index contributed by atoms with van der Waals surface area (Å²) >= 11 is 12.0. The third-order valence-corrected chi connectivity index (χ3v) is 5.47. The molecular formula is C22H25Cl2N3O3. The predicted molar refractivity (Wildman–Crippen MR) is 119 cm³/mol. The number of nitrogens with zero attached hydrogens (tertiary/aromatic N) is 1. The number of amides is 2. The molecule has 2 aromatic rings. The fraction of sp³-hybridized carbons (Fsp3) is 0.364. The van der Waals surface area contributed by atoms with Crippen molar-refractivity contribution in [3.63, 3.8) is 0 Å². The Kier molecular flexibility index (Phi) is 7.96. The summed E-state index contributed by atoms with van der Waals surface area (Å²) < 4.78 is 5.14. The molecule has 1 unspecified atom stereocenters. The molecule has 2 N–H and O–H groups in total. The minimum atomic E-state index is -0.352. The number of methoxy groups -OCH3 is 1. The van der Waals surface area contributed by atoms with Crippen LogP contribution in [-0.4, -0.2) is 49.5 Å². The van der Waals surface area contributed by atoms with Crippen molar-refractivity contribution < 1.29 is 14.3 Å². The van der Waals surface area contributed by atoms with Crippen LogP contribution in [0.2, 0.25) is 10.0 Å². The Morgan fingerprint density at radius 1 is 1.13 bits per heavy atom. The topological polar surface area (TPSA) is 70.7 Å². The van der Waals surface area contributed by atoms with E-state index in [0.717, 1.165) is 24.2 Å². The summed E-state index contributed by atoms with van der Waals surface area (Å²) in [5, 5.41) is 6.70. The van der Waals surface area contributed by atoms with Crippen LogP contribution in [-0.2, 0) is 16.0 Å². The molecule has 0 aromatic heterocycles. The van der Waals surface area contributed by atoms with Crippen LogP contribution in [0.1, 0.15) is 18.4 Å². The van der Waals surface area contributed by atoms with Crippen LogP contribution in [0.3, 0.4) is 0 Å². The summed E-state index contributed by atoms with van der Waals surface area (Å²) in [6.45, 7) is 1.44. The lowest BCUT2D eigenvalue weighted by atomic mass is 10.1. The number of hydrogen-bond donors (Lipinski definition) is 2. The highest BCUT2D eigenvalue weighted by molar-refractivity contribution is 6.35. The molecule has 0 spiro atoms. The molecule has 0 saturated carbocycles. The van der Waals surface area contributed by atoms with E-state index in [1.807, 2.05) is 29.2 Å². The molecule has 1 aliphatic heterocycles. The highest BCUT2D eigenvalue weighted by Gasteiger charge is 2.31. The summed E-state index contributed by atoms with van der Waals surface area (Å²) in [5.74, 6) is 0.562. The number of anilines is 1. The van der Waals surface area contributed by atoms with Crippen LogP contribution in [0, 0.1) is 0 Å². The number of benzene rings is 2. The molecule has 1 atom stereocenters. The van der Waals surface area contributed by atoms with Crippen molar-refractivity contribution in [3.05, 3.63) is 58.1 Å². The van der Waals surface area contributed by atoms with E-state index in [0.29, 0.717) is 35.2 Å². The van der Waals surface area contributed by atoms with Crippen molar-refractivity contribution in [3.8, 4) is 5.75 Å². The van der Waals surface area contributed by atoms with Crippen LogP contribution in [0.4, 0.5) is 5.69 Å². The van der Waals surface area contributed by atoms with Gasteiger partial charge in [-0.15, -0.1) is 0 Å². The highest BCUT2D eigenvalue weighted by Crippen LogP contribution is 2.24. The summed E-state index contributed by atoms with van der Waals surface area (Å²) in [6, 6.07) is 12.3. The third kappa shape index (κ3) is 6.36. The average molecular weight is 450 g/mol. The number of halogens is 2. The Labute approximate surface area is 186 Å². The lowest BCUT2D eigenvalue weighted by Gasteiger charge is -2.23. The molecule has 1 fully saturated rings. The second-order valence-electron chi connectivity index (χ2n) is 7.22. The van der Waals surface area contributed by atoms with Gasteiger partial charge in [0, 0.05) is 22.3 Å². The SMILES string of the molecule is COc1ccc(CCNC(=O)CN2CCCC2C(=O)Nc2cc(Cl)cc(Cl)c2)cc1. The standard InChI is InChI=1S/C22H25Cl2N3O3/c1-30-19-6-4-15(5-7-19)8-9-25-21(28)14-27-10-2-3-20(27)22(29)26-18-12-16(23)11-17(24)13-18/h4-7,11-13,20H,2-3,8-10,14H2,1H3,(H,25,28)(H,26,29). The lowest BCUT2D eigenvalue weighted by molar-refractivity contribution is -0.124. The molecule has 0 bridgehead atoms. The molecule has 6 nitrogen and oxygen atoms in total. The Morgan fingerprint density at radius 2 is 1.83 bits per heavy atom. The van der Waals surface area contributed by atoms with Gasteiger partial charge in [0.1, 0.15) is 5.75 Å². The number of carbonyl (C=O) groups is 2. The maximum atomic E-state index is 12.7. The van der Waals surface area contributed by atoms with E-state index in [1.54, 1.807) is 25.3 Å². The zero-order valence-electron chi connectivity index (χ0n) is 16.8. The van der Waals surface area contributed by atoms with Crippen LogP contribution < -0.4 is 15.4 Å². The van der Waals surface area contributed by atoms with Gasteiger partial charge >= 0.3 is 0 Å². The van der Waals surface area contributed by atoms with Gasteiger partial charge < -0.3 is 15.4 Å². The summed E-state index contributed by atoms with van der Waals surface area (Å²) in [4.78, 5) is 27.0. The zero-order valence-corrected chi connectivity index (χ0v) is 18.3. The van der Waals surface area contributed by atoms with E-state index in [-0.39, 0.29) is 24.4 Å². The Balaban J connectivity index is 1.47. The molecule has 1 saturated heterocycles. The third-order valence-electron chi connectivity index (χ3n) is 5.04. The van der Waals surface area contributed by atoms with Crippen LogP contribution >= 0.6 is 23.2 Å². The smallest absolute Gasteiger partial charge is 0.241 e. The second-order valence-corrected chi connectivity index (χ2v) is 8.10. The van der Waals surface area contributed by atoms with Crippen molar-refractivity contribution in [2.24, 2.45) is 0 Å². The van der Waals surface area contributed by atoms with E-state index in [4.69, 9.17) is 27.9 Å². The molecule has 0 aliphatic carbocycles. The molecule has 1 aliphatic rings. The first-order valence-corrected chi connectivity index (χ1v) is 10.6. The van der Waals surface area contributed by atoms with E-state index in [1.165, 1.54) is 0 Å². The van der Waals surface area contributed by atoms with Gasteiger partial charge in [0.25, 0.3) is 0 Å². The molecule has 2 amide bonds. The Hall–Kier alpha value is -2.28. The van der Waals surface area contributed by atoms with Gasteiger partial charge in [-0.3, -0.25) is 14.5 Å². The van der Waals surface area contributed by atoms with Crippen LogP contribution in [0.25, 0.3) is 0 Å². The largest absolute Gasteiger partial charge is 0.497 e. The monoisotopic (exact) mass is 449 g/mol. The van der Waals surface area contributed by atoms with Crippen molar-refractivity contribution in [2.75, 3.05) is 32.1 Å². The molecular weight excluding hydrogens is 425 g/mol. The fourth-order valence-electron chi connectivity index (χ4n) is 3.54. The molecule has 2 aromatic carbocycles. The van der Waals surface area contributed by atoms with Gasteiger partial charge in [0.05, 0.1) is 19.7 Å². The molecule has 0 radical (unpaired) electrons. The number of likely N-dealkylation sites (tertiary alicyclic amines) is 1.